The van der Waals surface area contributed by atoms with Crippen molar-refractivity contribution in [3.8, 4) is 0 Å². The van der Waals surface area contributed by atoms with E-state index in [9.17, 15) is 4.79 Å². The summed E-state index contributed by atoms with van der Waals surface area (Å²) in [5.74, 6) is -0.0815. The Morgan fingerprint density at radius 2 is 2.17 bits per heavy atom. The highest BCUT2D eigenvalue weighted by atomic mass is 79.9. The van der Waals surface area contributed by atoms with E-state index in [0.29, 0.717) is 0 Å². The third-order valence-corrected chi connectivity index (χ3v) is 4.09. The molecule has 0 saturated heterocycles. The molecule has 2 rings (SSSR count). The first-order chi connectivity index (χ1) is 8.48. The molecule has 0 aromatic heterocycles. The zero-order chi connectivity index (χ0) is 13.3. The first-order valence-corrected chi connectivity index (χ1v) is 6.83. The zero-order valence-electron chi connectivity index (χ0n) is 11.0. The third kappa shape index (κ3) is 2.53. The van der Waals surface area contributed by atoms with E-state index in [1.165, 1.54) is 12.7 Å². The zero-order valence-corrected chi connectivity index (χ0v) is 12.6. The van der Waals surface area contributed by atoms with Gasteiger partial charge in [-0.1, -0.05) is 22.0 Å². The highest BCUT2D eigenvalue weighted by Gasteiger charge is 2.51. The quantitative estimate of drug-likeness (QED) is 0.800. The van der Waals surface area contributed by atoms with Crippen LogP contribution in [0.1, 0.15) is 18.4 Å². The Hall–Kier alpha value is -1.03. The molecule has 0 radical (unpaired) electrons. The monoisotopic (exact) mass is 311 g/mol. The number of ether oxygens (including phenoxy) is 1. The Balaban J connectivity index is 2.15. The number of esters is 1. The van der Waals surface area contributed by atoms with Crippen molar-refractivity contribution in [3.05, 3.63) is 28.2 Å². The summed E-state index contributed by atoms with van der Waals surface area (Å²) in [5.41, 5.74) is 2.08. The Morgan fingerprint density at radius 1 is 1.50 bits per heavy atom. The molecular formula is C14H18BrNO2. The molecule has 1 aromatic carbocycles. The lowest BCUT2D eigenvalue weighted by atomic mass is 10.1. The van der Waals surface area contributed by atoms with Crippen LogP contribution in [0.5, 0.6) is 0 Å². The van der Waals surface area contributed by atoms with Gasteiger partial charge in [-0.15, -0.1) is 0 Å². The number of rotatable bonds is 4. The molecule has 1 fully saturated rings. The van der Waals surface area contributed by atoms with Crippen molar-refractivity contribution in [2.75, 3.05) is 25.6 Å². The van der Waals surface area contributed by atoms with Crippen LogP contribution in [-0.2, 0) is 9.53 Å². The highest BCUT2D eigenvalue weighted by Crippen LogP contribution is 2.47. The number of halogens is 1. The molecule has 0 heterocycles. The molecule has 1 saturated carbocycles. The Kier molecular flexibility index (Phi) is 3.66. The first-order valence-electron chi connectivity index (χ1n) is 6.04. The lowest BCUT2D eigenvalue weighted by Crippen LogP contribution is -2.33. The number of methoxy groups -OCH3 is 1. The van der Waals surface area contributed by atoms with Gasteiger partial charge < -0.3 is 9.64 Å². The number of aryl methyl sites for hydroxylation is 1. The van der Waals surface area contributed by atoms with E-state index in [0.717, 1.165) is 29.5 Å². The molecule has 3 nitrogen and oxygen atoms in total. The van der Waals surface area contributed by atoms with Crippen molar-refractivity contribution < 1.29 is 9.53 Å². The van der Waals surface area contributed by atoms with Gasteiger partial charge in [0.1, 0.15) is 0 Å². The van der Waals surface area contributed by atoms with E-state index in [-0.39, 0.29) is 11.4 Å². The number of carbonyl (C=O) groups is 1. The summed E-state index contributed by atoms with van der Waals surface area (Å²) in [6.07, 6.45) is 1.86. The molecule has 0 spiro atoms. The molecule has 1 aliphatic rings. The van der Waals surface area contributed by atoms with Gasteiger partial charge in [-0.2, -0.15) is 0 Å². The van der Waals surface area contributed by atoms with E-state index >= 15 is 0 Å². The number of nitrogens with zero attached hydrogens (tertiary/aromatic N) is 1. The van der Waals surface area contributed by atoms with Gasteiger partial charge in [0.2, 0.25) is 0 Å². The van der Waals surface area contributed by atoms with Crippen molar-refractivity contribution in [2.24, 2.45) is 5.41 Å². The van der Waals surface area contributed by atoms with Crippen molar-refractivity contribution in [3.63, 3.8) is 0 Å². The molecule has 1 aliphatic carbocycles. The molecular weight excluding hydrogens is 294 g/mol. The summed E-state index contributed by atoms with van der Waals surface area (Å²) in [5, 5.41) is 0. The number of benzene rings is 1. The molecule has 1 aromatic rings. The van der Waals surface area contributed by atoms with Crippen LogP contribution in [-0.4, -0.2) is 26.7 Å². The number of hydrogen-bond acceptors (Lipinski definition) is 3. The summed E-state index contributed by atoms with van der Waals surface area (Å²) in [7, 11) is 3.49. The lowest BCUT2D eigenvalue weighted by Gasteiger charge is -2.25. The Bertz CT molecular complexity index is 469. The summed E-state index contributed by atoms with van der Waals surface area (Å²) >= 11 is 3.48. The van der Waals surface area contributed by atoms with Crippen molar-refractivity contribution >= 4 is 27.6 Å². The maximum Gasteiger partial charge on any atom is 0.313 e. The molecule has 0 bridgehead atoms. The average Bonchev–Trinajstić information content (AvgIpc) is 3.12. The summed E-state index contributed by atoms with van der Waals surface area (Å²) in [4.78, 5) is 13.9. The maximum atomic E-state index is 11.8. The van der Waals surface area contributed by atoms with E-state index in [1.54, 1.807) is 0 Å². The molecule has 0 atom stereocenters. The van der Waals surface area contributed by atoms with Gasteiger partial charge in [0.15, 0.2) is 0 Å². The van der Waals surface area contributed by atoms with Crippen LogP contribution >= 0.6 is 15.9 Å². The molecule has 0 unspecified atom stereocenters. The van der Waals surface area contributed by atoms with Crippen molar-refractivity contribution in [1.82, 2.24) is 0 Å². The van der Waals surface area contributed by atoms with Crippen LogP contribution in [0.2, 0.25) is 0 Å². The number of carbonyl (C=O) groups excluding carboxylic acids is 1. The summed E-state index contributed by atoms with van der Waals surface area (Å²) in [6, 6.07) is 6.19. The number of anilines is 1. The molecule has 4 heteroatoms. The van der Waals surface area contributed by atoms with Gasteiger partial charge in [-0.05, 0) is 37.5 Å². The first kappa shape index (κ1) is 13.4. The van der Waals surface area contributed by atoms with Crippen LogP contribution in [0.25, 0.3) is 0 Å². The van der Waals surface area contributed by atoms with Gasteiger partial charge in [0.05, 0.1) is 12.5 Å². The van der Waals surface area contributed by atoms with Crippen LogP contribution in [0, 0.1) is 12.3 Å². The fourth-order valence-electron chi connectivity index (χ4n) is 2.33. The van der Waals surface area contributed by atoms with Gasteiger partial charge in [-0.25, -0.2) is 0 Å². The summed E-state index contributed by atoms with van der Waals surface area (Å²) < 4.78 is 5.95. The minimum atomic E-state index is -0.280. The normalized spacial score (nSPS) is 16.2. The van der Waals surface area contributed by atoms with E-state index in [2.05, 4.69) is 39.9 Å². The van der Waals surface area contributed by atoms with Gasteiger partial charge in [0.25, 0.3) is 0 Å². The lowest BCUT2D eigenvalue weighted by molar-refractivity contribution is -0.146. The molecule has 0 aliphatic heterocycles. The van der Waals surface area contributed by atoms with Crippen LogP contribution in [0.4, 0.5) is 5.69 Å². The van der Waals surface area contributed by atoms with Gasteiger partial charge in [-0.3, -0.25) is 4.79 Å². The molecule has 98 valence electrons. The van der Waals surface area contributed by atoms with Crippen LogP contribution in [0.3, 0.4) is 0 Å². The van der Waals surface area contributed by atoms with Crippen molar-refractivity contribution in [1.29, 1.82) is 0 Å². The van der Waals surface area contributed by atoms with Gasteiger partial charge in [0, 0.05) is 23.8 Å². The smallest absolute Gasteiger partial charge is 0.313 e. The SMILES string of the molecule is COC(=O)C1(CN(C)c2cc(Br)ccc2C)CC1. The van der Waals surface area contributed by atoms with E-state index < -0.39 is 0 Å². The predicted octanol–water partition coefficient (Wildman–Crippen LogP) is 3.15. The second-order valence-corrected chi connectivity index (χ2v) is 5.97. The minimum Gasteiger partial charge on any atom is -0.469 e. The highest BCUT2D eigenvalue weighted by molar-refractivity contribution is 9.10. The third-order valence-electron chi connectivity index (χ3n) is 3.59. The second kappa shape index (κ2) is 4.92. The topological polar surface area (TPSA) is 29.5 Å². The molecule has 0 N–H and O–H groups in total. The predicted molar refractivity (Wildman–Crippen MR) is 75.8 cm³/mol. The molecule has 18 heavy (non-hydrogen) atoms. The van der Waals surface area contributed by atoms with Crippen LogP contribution < -0.4 is 4.90 Å². The standard InChI is InChI=1S/C14H18BrNO2/c1-10-4-5-11(15)8-12(10)16(2)9-14(6-7-14)13(17)18-3/h4-5,8H,6-7,9H2,1-3H3. The largest absolute Gasteiger partial charge is 0.469 e. The molecule has 0 amide bonds. The van der Waals surface area contributed by atoms with Gasteiger partial charge >= 0.3 is 5.97 Å². The average molecular weight is 312 g/mol. The van der Waals surface area contributed by atoms with Crippen molar-refractivity contribution in [2.45, 2.75) is 19.8 Å². The number of hydrogen-bond donors (Lipinski definition) is 0. The Morgan fingerprint density at radius 3 is 2.72 bits per heavy atom. The fourth-order valence-corrected chi connectivity index (χ4v) is 2.68. The second-order valence-electron chi connectivity index (χ2n) is 5.06. The van der Waals surface area contributed by atoms with Crippen LogP contribution in [0.15, 0.2) is 22.7 Å². The van der Waals surface area contributed by atoms with E-state index in [4.69, 9.17) is 4.74 Å². The Labute approximate surface area is 116 Å². The fraction of sp³-hybridized carbons (Fsp3) is 0.500. The minimum absolute atomic E-state index is 0.0815. The maximum absolute atomic E-state index is 11.8. The summed E-state index contributed by atoms with van der Waals surface area (Å²) in [6.45, 7) is 2.80. The van der Waals surface area contributed by atoms with E-state index in [1.807, 2.05) is 13.1 Å².